The van der Waals surface area contributed by atoms with E-state index >= 15 is 0 Å². The summed E-state index contributed by atoms with van der Waals surface area (Å²) >= 11 is 1.82. The van der Waals surface area contributed by atoms with Crippen LogP contribution in [0.3, 0.4) is 0 Å². The molecule has 0 aliphatic carbocycles. The number of nitrogens with zero attached hydrogens (tertiary/aromatic N) is 3. The SMILES string of the molecule is C=C(Nc1c(C)c2cnncc2c2cc(-c3ccc4c(c3)sc3c4ccc4[nH]c(CC)nc43)ccc12)C(C)C. The Hall–Kier alpha value is -4.29. The number of thiophene rings is 1. The predicted octanol–water partition coefficient (Wildman–Crippen LogP) is 9.15. The fraction of sp³-hybridized carbons (Fsp3) is 0.182. The van der Waals surface area contributed by atoms with E-state index in [2.05, 4.69) is 103 Å². The molecule has 39 heavy (non-hydrogen) atoms. The second kappa shape index (κ2) is 8.89. The predicted molar refractivity (Wildman–Crippen MR) is 167 cm³/mol. The third-order valence-corrected chi connectivity index (χ3v) is 9.06. The van der Waals surface area contributed by atoms with Gasteiger partial charge in [-0.15, -0.1) is 11.3 Å². The summed E-state index contributed by atoms with van der Waals surface area (Å²) in [5.74, 6) is 1.36. The molecule has 0 bridgehead atoms. The van der Waals surface area contributed by atoms with Gasteiger partial charge in [-0.25, -0.2) is 4.98 Å². The number of nitrogens with one attached hydrogen (secondary N) is 2. The maximum absolute atomic E-state index is 4.88. The van der Waals surface area contributed by atoms with Gasteiger partial charge in [-0.05, 0) is 53.1 Å². The molecule has 0 aliphatic heterocycles. The van der Waals surface area contributed by atoms with Crippen LogP contribution in [0.5, 0.6) is 0 Å². The molecule has 6 heteroatoms. The van der Waals surface area contributed by atoms with Crippen LogP contribution in [0, 0.1) is 12.8 Å². The number of aromatic nitrogens is 4. The Morgan fingerprint density at radius 2 is 1.62 bits per heavy atom. The topological polar surface area (TPSA) is 66.5 Å². The van der Waals surface area contributed by atoms with Gasteiger partial charge in [-0.3, -0.25) is 0 Å². The molecule has 0 amide bonds. The van der Waals surface area contributed by atoms with Crippen LogP contribution in [0.25, 0.3) is 63.9 Å². The second-order valence-corrected chi connectivity index (χ2v) is 11.6. The summed E-state index contributed by atoms with van der Waals surface area (Å²) in [5.41, 5.74) is 7.79. The number of hydrogen-bond acceptors (Lipinski definition) is 5. The molecule has 0 unspecified atom stereocenters. The van der Waals surface area contributed by atoms with Crippen LogP contribution in [-0.2, 0) is 6.42 Å². The van der Waals surface area contributed by atoms with Crippen molar-refractivity contribution in [1.29, 1.82) is 0 Å². The Bertz CT molecular complexity index is 2100. The Balaban J connectivity index is 1.42. The third-order valence-electron chi connectivity index (χ3n) is 7.88. The van der Waals surface area contributed by atoms with Crippen molar-refractivity contribution in [3.63, 3.8) is 0 Å². The highest BCUT2D eigenvalue weighted by atomic mass is 32.1. The number of imidazole rings is 1. The van der Waals surface area contributed by atoms with E-state index < -0.39 is 0 Å². The zero-order valence-electron chi connectivity index (χ0n) is 22.5. The molecule has 192 valence electrons. The normalized spacial score (nSPS) is 12.0. The Morgan fingerprint density at radius 3 is 2.38 bits per heavy atom. The van der Waals surface area contributed by atoms with E-state index in [1.165, 1.54) is 31.3 Å². The van der Waals surface area contributed by atoms with Crippen LogP contribution in [0.4, 0.5) is 5.69 Å². The van der Waals surface area contributed by atoms with Crippen LogP contribution >= 0.6 is 11.3 Å². The van der Waals surface area contributed by atoms with Crippen LogP contribution in [0.1, 0.15) is 32.2 Å². The van der Waals surface area contributed by atoms with Crippen molar-refractivity contribution in [3.8, 4) is 11.1 Å². The van der Waals surface area contributed by atoms with Crippen LogP contribution < -0.4 is 5.32 Å². The van der Waals surface area contributed by atoms with E-state index in [1.807, 2.05) is 23.7 Å². The first-order valence-corrected chi connectivity index (χ1v) is 14.2. The average Bonchev–Trinajstić information content (AvgIpc) is 3.55. The van der Waals surface area contributed by atoms with Gasteiger partial charge >= 0.3 is 0 Å². The quantitative estimate of drug-likeness (QED) is 0.219. The minimum atomic E-state index is 0.328. The molecule has 3 aromatic heterocycles. The minimum absolute atomic E-state index is 0.328. The van der Waals surface area contributed by atoms with Gasteiger partial charge < -0.3 is 10.3 Å². The number of H-pyrrole nitrogens is 1. The summed E-state index contributed by atoms with van der Waals surface area (Å²) in [6.45, 7) is 12.9. The van der Waals surface area contributed by atoms with Crippen molar-refractivity contribution >= 4 is 69.8 Å². The maximum atomic E-state index is 4.88. The fourth-order valence-corrected chi connectivity index (χ4v) is 6.74. The number of rotatable bonds is 5. The highest BCUT2D eigenvalue weighted by Crippen LogP contribution is 2.41. The highest BCUT2D eigenvalue weighted by molar-refractivity contribution is 7.26. The van der Waals surface area contributed by atoms with Gasteiger partial charge in [0, 0.05) is 49.4 Å². The monoisotopic (exact) mass is 527 g/mol. The Kier molecular flexibility index (Phi) is 5.42. The van der Waals surface area contributed by atoms with Gasteiger partial charge in [-0.1, -0.05) is 57.7 Å². The molecule has 7 rings (SSSR count). The van der Waals surface area contributed by atoms with Gasteiger partial charge in [0.2, 0.25) is 0 Å². The summed E-state index contributed by atoms with van der Waals surface area (Å²) in [6, 6.07) is 17.9. The number of aromatic amines is 1. The molecule has 4 aromatic carbocycles. The zero-order valence-corrected chi connectivity index (χ0v) is 23.3. The summed E-state index contributed by atoms with van der Waals surface area (Å²) in [5, 5.41) is 19.1. The van der Waals surface area contributed by atoms with E-state index in [9.17, 15) is 0 Å². The largest absolute Gasteiger partial charge is 0.358 e. The minimum Gasteiger partial charge on any atom is -0.358 e. The first kappa shape index (κ1) is 23.8. The summed E-state index contributed by atoms with van der Waals surface area (Å²) < 4.78 is 2.52. The molecule has 0 saturated heterocycles. The first-order valence-electron chi connectivity index (χ1n) is 13.4. The Labute approximate surface area is 230 Å². The molecular weight excluding hydrogens is 498 g/mol. The number of fused-ring (bicyclic) bond motifs is 8. The molecule has 7 aromatic rings. The lowest BCUT2D eigenvalue weighted by atomic mass is 9.93. The van der Waals surface area contributed by atoms with Crippen LogP contribution in [0.2, 0.25) is 0 Å². The standard InChI is InChI=1S/C33H29N5S/c1-6-30-37-28-12-11-24-22-9-7-21(14-29(22)39-33(24)32(28)38-30)20-8-10-23-25(13-20)27-16-35-34-15-26(27)18(4)31(23)36-19(5)17(2)3/h7-17,36H,5-6H2,1-4H3,(H,37,38). The fourth-order valence-electron chi connectivity index (χ4n) is 5.51. The molecular formula is C33H29N5S. The van der Waals surface area contributed by atoms with E-state index in [1.54, 1.807) is 0 Å². The average molecular weight is 528 g/mol. The number of hydrogen-bond donors (Lipinski definition) is 2. The van der Waals surface area contributed by atoms with E-state index in [0.29, 0.717) is 5.92 Å². The molecule has 5 nitrogen and oxygen atoms in total. The molecule has 0 saturated carbocycles. The number of aryl methyl sites for hydroxylation is 2. The van der Waals surface area contributed by atoms with Crippen LogP contribution in [0.15, 0.2) is 73.2 Å². The van der Waals surface area contributed by atoms with E-state index in [4.69, 9.17) is 4.98 Å². The van der Waals surface area contributed by atoms with Crippen molar-refractivity contribution in [2.75, 3.05) is 5.32 Å². The van der Waals surface area contributed by atoms with Crippen molar-refractivity contribution < 1.29 is 0 Å². The molecule has 0 radical (unpaired) electrons. The maximum Gasteiger partial charge on any atom is 0.107 e. The number of benzene rings is 4. The van der Waals surface area contributed by atoms with E-state index in [0.717, 1.165) is 61.8 Å². The molecule has 3 heterocycles. The van der Waals surface area contributed by atoms with Crippen LogP contribution in [-0.4, -0.2) is 20.2 Å². The molecule has 0 spiro atoms. The molecule has 0 aliphatic rings. The lowest BCUT2D eigenvalue weighted by molar-refractivity contribution is 0.778. The van der Waals surface area contributed by atoms with Gasteiger partial charge in [0.05, 0.1) is 22.6 Å². The van der Waals surface area contributed by atoms with E-state index in [-0.39, 0.29) is 0 Å². The Morgan fingerprint density at radius 1 is 0.897 bits per heavy atom. The summed E-state index contributed by atoms with van der Waals surface area (Å²) in [4.78, 5) is 8.33. The molecule has 0 atom stereocenters. The number of allylic oxidation sites excluding steroid dienone is 1. The van der Waals surface area contributed by atoms with Gasteiger partial charge in [-0.2, -0.15) is 10.2 Å². The summed E-state index contributed by atoms with van der Waals surface area (Å²) in [6.07, 6.45) is 4.64. The third kappa shape index (κ3) is 3.70. The highest BCUT2D eigenvalue weighted by Gasteiger charge is 2.16. The van der Waals surface area contributed by atoms with Crippen molar-refractivity contribution in [2.24, 2.45) is 5.92 Å². The van der Waals surface area contributed by atoms with Gasteiger partial charge in [0.25, 0.3) is 0 Å². The van der Waals surface area contributed by atoms with Crippen molar-refractivity contribution in [2.45, 2.75) is 34.1 Å². The zero-order chi connectivity index (χ0) is 26.8. The first-order chi connectivity index (χ1) is 18.9. The second-order valence-electron chi connectivity index (χ2n) is 10.6. The van der Waals surface area contributed by atoms with Gasteiger partial charge in [0.15, 0.2) is 0 Å². The lowest BCUT2D eigenvalue weighted by Gasteiger charge is -2.19. The lowest BCUT2D eigenvalue weighted by Crippen LogP contribution is -2.06. The molecule has 0 fully saturated rings. The number of anilines is 1. The smallest absolute Gasteiger partial charge is 0.107 e. The van der Waals surface area contributed by atoms with Gasteiger partial charge in [0.1, 0.15) is 11.3 Å². The molecule has 2 N–H and O–H groups in total. The summed E-state index contributed by atoms with van der Waals surface area (Å²) in [7, 11) is 0. The van der Waals surface area contributed by atoms with Crippen molar-refractivity contribution in [1.82, 2.24) is 20.2 Å². The van der Waals surface area contributed by atoms with Crippen molar-refractivity contribution in [3.05, 3.63) is 84.6 Å².